The van der Waals surface area contributed by atoms with Gasteiger partial charge in [0.05, 0.1) is 31.1 Å². The summed E-state index contributed by atoms with van der Waals surface area (Å²) in [4.78, 5) is 21.4. The second kappa shape index (κ2) is 13.8. The highest BCUT2D eigenvalue weighted by Gasteiger charge is 2.23. The molecule has 0 spiro atoms. The molecule has 1 atom stereocenters. The predicted molar refractivity (Wildman–Crippen MR) is 175 cm³/mol. The molecule has 234 valence electrons. The molecule has 6 rings (SSSR count). The fourth-order valence-electron chi connectivity index (χ4n) is 5.07. The van der Waals surface area contributed by atoms with Gasteiger partial charge in [0.25, 0.3) is 0 Å². The van der Waals surface area contributed by atoms with E-state index in [0.29, 0.717) is 46.8 Å². The molecule has 3 aromatic carbocycles. The van der Waals surface area contributed by atoms with E-state index in [1.807, 2.05) is 65.5 Å². The molecule has 0 bridgehead atoms. The Kier molecular flexibility index (Phi) is 9.27. The van der Waals surface area contributed by atoms with Gasteiger partial charge in [-0.2, -0.15) is 5.10 Å². The van der Waals surface area contributed by atoms with Gasteiger partial charge in [0.15, 0.2) is 0 Å². The molecule has 0 saturated carbocycles. The summed E-state index contributed by atoms with van der Waals surface area (Å²) in [7, 11) is 1.64. The van der Waals surface area contributed by atoms with E-state index in [4.69, 9.17) is 43.8 Å². The van der Waals surface area contributed by atoms with Crippen LogP contribution in [0.2, 0.25) is 10.2 Å². The zero-order chi connectivity index (χ0) is 32.0. The van der Waals surface area contributed by atoms with Crippen LogP contribution in [0.25, 0.3) is 16.9 Å². The van der Waals surface area contributed by atoms with Crippen molar-refractivity contribution in [2.75, 3.05) is 12.8 Å². The Morgan fingerprint density at radius 1 is 1.07 bits per heavy atom. The van der Waals surface area contributed by atoms with Gasteiger partial charge in [-0.25, -0.2) is 9.67 Å². The number of carbonyl (C=O) groups excluding carboxylic acids is 1. The standard InChI is InChI=1S/C32H30Cl2N10O2/c1-46-26-10-2-20(3-11-26)18-43-15-14-25(40-43)17-27(32-38-30(31(34)39-32)21-4-8-24(35)9-5-21)37-29(45)13-6-22-16-23(33)7-12-28(22)44-19-36-41-42-44/h2-5,7-12,14-16,19,27H,6,13,17-18,35H2,1H3,(H,37,45)(H,38,39)/t27-/m0/s1. The number of aryl methyl sites for hydroxylation is 1. The fraction of sp³-hybridized carbons (Fsp3) is 0.188. The van der Waals surface area contributed by atoms with Crippen molar-refractivity contribution in [3.05, 3.63) is 118 Å². The van der Waals surface area contributed by atoms with E-state index in [2.05, 4.69) is 25.8 Å². The molecule has 0 unspecified atom stereocenters. The van der Waals surface area contributed by atoms with Crippen molar-refractivity contribution in [2.45, 2.75) is 31.8 Å². The SMILES string of the molecule is COc1ccc(Cn2ccc(C[C@H](NC(=O)CCc3cc(Cl)ccc3-n3cnnn3)c3nc(-c4ccc(N)cc4)c(Cl)[nH]3)n2)cc1. The molecule has 0 fully saturated rings. The van der Waals surface area contributed by atoms with Crippen LogP contribution < -0.4 is 15.8 Å². The lowest BCUT2D eigenvalue weighted by Gasteiger charge is -2.16. The van der Waals surface area contributed by atoms with Crippen molar-refractivity contribution >= 4 is 34.8 Å². The number of nitrogens with zero attached hydrogens (tertiary/aromatic N) is 7. The lowest BCUT2D eigenvalue weighted by molar-refractivity contribution is -0.121. The van der Waals surface area contributed by atoms with Crippen LogP contribution in [-0.4, -0.2) is 53.0 Å². The number of halogens is 2. The van der Waals surface area contributed by atoms with Gasteiger partial charge in [0, 0.05) is 35.3 Å². The topological polar surface area (TPSA) is 154 Å². The summed E-state index contributed by atoms with van der Waals surface area (Å²) in [6.07, 6.45) is 4.36. The molecule has 3 aromatic heterocycles. The van der Waals surface area contributed by atoms with Crippen molar-refractivity contribution in [1.82, 2.24) is 45.3 Å². The van der Waals surface area contributed by atoms with Crippen molar-refractivity contribution < 1.29 is 9.53 Å². The molecule has 0 aliphatic heterocycles. The van der Waals surface area contributed by atoms with Gasteiger partial charge in [-0.3, -0.25) is 9.48 Å². The summed E-state index contributed by atoms with van der Waals surface area (Å²) < 4.78 is 8.65. The first-order valence-corrected chi connectivity index (χ1v) is 15.2. The third-order valence-electron chi connectivity index (χ3n) is 7.40. The Hall–Kier alpha value is -5.20. The number of hydrogen-bond donors (Lipinski definition) is 3. The number of nitrogens with one attached hydrogen (secondary N) is 2. The van der Waals surface area contributed by atoms with Crippen molar-refractivity contribution in [3.63, 3.8) is 0 Å². The number of carbonyl (C=O) groups is 1. The van der Waals surface area contributed by atoms with Crippen LogP contribution in [0, 0.1) is 0 Å². The molecule has 3 heterocycles. The number of imidazole rings is 1. The number of aromatic amines is 1. The monoisotopic (exact) mass is 656 g/mol. The maximum Gasteiger partial charge on any atom is 0.220 e. The van der Waals surface area contributed by atoms with Crippen LogP contribution in [0.1, 0.15) is 35.1 Å². The van der Waals surface area contributed by atoms with Gasteiger partial charge < -0.3 is 20.8 Å². The smallest absolute Gasteiger partial charge is 0.220 e. The number of aromatic nitrogens is 8. The second-order valence-electron chi connectivity index (χ2n) is 10.6. The first kappa shape index (κ1) is 30.8. The molecule has 12 nitrogen and oxygen atoms in total. The molecule has 0 aliphatic rings. The number of benzene rings is 3. The molecule has 4 N–H and O–H groups in total. The number of anilines is 1. The fourth-order valence-corrected chi connectivity index (χ4v) is 5.52. The summed E-state index contributed by atoms with van der Waals surface area (Å²) in [5.74, 6) is 1.11. The van der Waals surface area contributed by atoms with Crippen LogP contribution in [0.3, 0.4) is 0 Å². The van der Waals surface area contributed by atoms with Gasteiger partial charge >= 0.3 is 0 Å². The molecule has 0 saturated heterocycles. The number of methoxy groups -OCH3 is 1. The Morgan fingerprint density at radius 3 is 2.61 bits per heavy atom. The number of tetrazole rings is 1. The summed E-state index contributed by atoms with van der Waals surface area (Å²) >= 11 is 12.9. The van der Waals surface area contributed by atoms with Crippen LogP contribution in [-0.2, 0) is 24.2 Å². The lowest BCUT2D eigenvalue weighted by Crippen LogP contribution is -2.31. The molecule has 6 aromatic rings. The van der Waals surface area contributed by atoms with Crippen molar-refractivity contribution in [3.8, 4) is 22.7 Å². The third-order valence-corrected chi connectivity index (χ3v) is 7.91. The summed E-state index contributed by atoms with van der Waals surface area (Å²) in [6, 6.07) is 21.9. The van der Waals surface area contributed by atoms with Gasteiger partial charge in [-0.05, 0) is 76.5 Å². The maximum atomic E-state index is 13.5. The molecular weight excluding hydrogens is 627 g/mol. The highest BCUT2D eigenvalue weighted by atomic mass is 35.5. The van der Waals surface area contributed by atoms with E-state index in [9.17, 15) is 4.79 Å². The first-order chi connectivity index (χ1) is 22.3. The normalized spacial score (nSPS) is 11.8. The van der Waals surface area contributed by atoms with Crippen LogP contribution >= 0.6 is 23.2 Å². The van der Waals surface area contributed by atoms with E-state index < -0.39 is 6.04 Å². The number of nitrogens with two attached hydrogens (primary N) is 1. The molecule has 0 aliphatic carbocycles. The molecular formula is C32H30Cl2N10O2. The Morgan fingerprint density at radius 2 is 1.87 bits per heavy atom. The number of nitrogen functional groups attached to an aromatic ring is 1. The Bertz CT molecular complexity index is 1920. The van der Waals surface area contributed by atoms with E-state index >= 15 is 0 Å². The Labute approximate surface area is 274 Å². The lowest BCUT2D eigenvalue weighted by atomic mass is 10.1. The minimum Gasteiger partial charge on any atom is -0.497 e. The second-order valence-corrected chi connectivity index (χ2v) is 11.4. The average Bonchev–Trinajstić information content (AvgIpc) is 3.83. The van der Waals surface area contributed by atoms with Crippen molar-refractivity contribution in [2.24, 2.45) is 0 Å². The zero-order valence-corrected chi connectivity index (χ0v) is 26.3. The molecule has 0 radical (unpaired) electrons. The predicted octanol–water partition coefficient (Wildman–Crippen LogP) is 5.23. The average molecular weight is 658 g/mol. The highest BCUT2D eigenvalue weighted by molar-refractivity contribution is 6.32. The molecule has 14 heteroatoms. The van der Waals surface area contributed by atoms with Crippen LogP contribution in [0.15, 0.2) is 85.3 Å². The minimum absolute atomic E-state index is 0.178. The Balaban J connectivity index is 1.22. The van der Waals surface area contributed by atoms with Gasteiger partial charge in [-0.15, -0.1) is 5.10 Å². The number of amides is 1. The maximum absolute atomic E-state index is 13.5. The number of ether oxygens (including phenoxy) is 1. The van der Waals surface area contributed by atoms with E-state index in [-0.39, 0.29) is 12.3 Å². The quantitative estimate of drug-likeness (QED) is 0.151. The van der Waals surface area contributed by atoms with Crippen LogP contribution in [0.5, 0.6) is 5.75 Å². The highest BCUT2D eigenvalue weighted by Crippen LogP contribution is 2.29. The van der Waals surface area contributed by atoms with Crippen LogP contribution in [0.4, 0.5) is 5.69 Å². The number of rotatable bonds is 12. The zero-order valence-electron chi connectivity index (χ0n) is 24.8. The largest absolute Gasteiger partial charge is 0.497 e. The summed E-state index contributed by atoms with van der Waals surface area (Å²) in [5, 5.41) is 20.2. The van der Waals surface area contributed by atoms with Gasteiger partial charge in [-0.1, -0.05) is 47.5 Å². The van der Waals surface area contributed by atoms with Gasteiger partial charge in [0.2, 0.25) is 5.91 Å². The van der Waals surface area contributed by atoms with E-state index in [0.717, 1.165) is 33.8 Å². The number of H-pyrrole nitrogens is 1. The van der Waals surface area contributed by atoms with Gasteiger partial charge in [0.1, 0.15) is 28.7 Å². The van der Waals surface area contributed by atoms with E-state index in [1.165, 1.54) is 11.0 Å². The number of hydrogen-bond acceptors (Lipinski definition) is 8. The summed E-state index contributed by atoms with van der Waals surface area (Å²) in [6.45, 7) is 0.581. The summed E-state index contributed by atoms with van der Waals surface area (Å²) in [5.41, 5.74) is 11.3. The third kappa shape index (κ3) is 7.36. The molecule has 1 amide bonds. The minimum atomic E-state index is -0.546. The first-order valence-electron chi connectivity index (χ1n) is 14.4. The van der Waals surface area contributed by atoms with Crippen molar-refractivity contribution in [1.29, 1.82) is 0 Å². The molecule has 46 heavy (non-hydrogen) atoms. The van der Waals surface area contributed by atoms with E-state index in [1.54, 1.807) is 25.3 Å².